The minimum atomic E-state index is -0.124. The summed E-state index contributed by atoms with van der Waals surface area (Å²) in [6.07, 6.45) is 7.10. The summed E-state index contributed by atoms with van der Waals surface area (Å²) < 4.78 is 7.25. The van der Waals surface area contributed by atoms with E-state index < -0.39 is 0 Å². The molecule has 2 aliphatic rings. The first-order valence-electron chi connectivity index (χ1n) is 10.6. The van der Waals surface area contributed by atoms with Crippen LogP contribution in [0.2, 0.25) is 0 Å². The summed E-state index contributed by atoms with van der Waals surface area (Å²) in [5.41, 5.74) is 2.27. The lowest BCUT2D eigenvalue weighted by Crippen LogP contribution is -2.24. The summed E-state index contributed by atoms with van der Waals surface area (Å²) in [5, 5.41) is 4.86. The summed E-state index contributed by atoms with van der Waals surface area (Å²) in [7, 11) is 0. The van der Waals surface area contributed by atoms with Crippen molar-refractivity contribution in [1.82, 2.24) is 34.4 Å². The molecule has 5 rings (SSSR count). The van der Waals surface area contributed by atoms with E-state index in [1.165, 1.54) is 0 Å². The highest BCUT2D eigenvalue weighted by Gasteiger charge is 2.33. The first-order chi connectivity index (χ1) is 14.6. The van der Waals surface area contributed by atoms with Crippen molar-refractivity contribution < 1.29 is 4.74 Å². The zero-order chi connectivity index (χ0) is 20.7. The van der Waals surface area contributed by atoms with Crippen molar-refractivity contribution in [3.8, 4) is 0 Å². The third-order valence-electron chi connectivity index (χ3n) is 6.29. The second-order valence-corrected chi connectivity index (χ2v) is 8.57. The number of aromatic amines is 1. The van der Waals surface area contributed by atoms with Crippen LogP contribution in [0.1, 0.15) is 54.6 Å². The molecule has 3 aromatic heterocycles. The molecule has 1 N–H and O–H groups in total. The van der Waals surface area contributed by atoms with Crippen LogP contribution in [0.3, 0.4) is 0 Å². The van der Waals surface area contributed by atoms with E-state index in [1.807, 2.05) is 13.1 Å². The number of hydrogen-bond acceptors (Lipinski definition) is 7. The van der Waals surface area contributed by atoms with Gasteiger partial charge >= 0.3 is 0 Å². The number of hydrogen-bond donors (Lipinski definition) is 1. The van der Waals surface area contributed by atoms with Crippen LogP contribution in [0.15, 0.2) is 23.4 Å². The molecule has 2 unspecified atom stereocenters. The summed E-state index contributed by atoms with van der Waals surface area (Å²) in [5.74, 6) is 2.42. The van der Waals surface area contributed by atoms with Gasteiger partial charge in [-0.25, -0.2) is 9.50 Å². The van der Waals surface area contributed by atoms with Crippen molar-refractivity contribution in [3.63, 3.8) is 0 Å². The Morgan fingerprint density at radius 1 is 1.13 bits per heavy atom. The molecule has 0 spiro atoms. The summed E-state index contributed by atoms with van der Waals surface area (Å²) in [6.45, 7) is 8.11. The Morgan fingerprint density at radius 3 is 2.73 bits per heavy atom. The number of likely N-dealkylation sites (tertiary alicyclic amines) is 1. The highest BCUT2D eigenvalue weighted by molar-refractivity contribution is 5.42. The van der Waals surface area contributed by atoms with E-state index >= 15 is 0 Å². The number of aromatic nitrogens is 6. The molecule has 0 amide bonds. The third kappa shape index (κ3) is 3.63. The van der Waals surface area contributed by atoms with Crippen LogP contribution >= 0.6 is 0 Å². The van der Waals surface area contributed by atoms with Crippen molar-refractivity contribution in [2.24, 2.45) is 5.92 Å². The third-order valence-corrected chi connectivity index (χ3v) is 6.29. The molecule has 9 nitrogen and oxygen atoms in total. The highest BCUT2D eigenvalue weighted by Crippen LogP contribution is 2.31. The number of nitrogens with one attached hydrogen (secondary N) is 1. The Morgan fingerprint density at radius 2 is 1.97 bits per heavy atom. The van der Waals surface area contributed by atoms with Crippen LogP contribution in [-0.4, -0.2) is 60.8 Å². The molecule has 2 fully saturated rings. The van der Waals surface area contributed by atoms with E-state index in [2.05, 4.69) is 31.8 Å². The van der Waals surface area contributed by atoms with Gasteiger partial charge in [-0.05, 0) is 25.7 Å². The Balaban J connectivity index is 1.41. The second kappa shape index (κ2) is 7.88. The van der Waals surface area contributed by atoms with E-state index in [9.17, 15) is 4.79 Å². The molecule has 0 bridgehead atoms. The Hall–Kier alpha value is -2.65. The van der Waals surface area contributed by atoms with Gasteiger partial charge in [-0.2, -0.15) is 5.10 Å². The number of H-pyrrole nitrogens is 1. The lowest BCUT2D eigenvalue weighted by molar-refractivity contribution is 0.0832. The predicted octanol–water partition coefficient (Wildman–Crippen LogP) is 1.65. The van der Waals surface area contributed by atoms with Gasteiger partial charge in [0.2, 0.25) is 0 Å². The van der Waals surface area contributed by atoms with Crippen molar-refractivity contribution in [2.75, 3.05) is 26.3 Å². The number of fused-ring (bicyclic) bond motifs is 1. The zero-order valence-electron chi connectivity index (χ0n) is 17.4. The molecule has 0 aromatic carbocycles. The Bertz CT molecular complexity index is 1080. The maximum atomic E-state index is 12.8. The topological polar surface area (TPSA) is 101 Å². The Kier molecular flexibility index (Phi) is 5.08. The van der Waals surface area contributed by atoms with Gasteiger partial charge in [0.15, 0.2) is 5.52 Å². The first-order valence-corrected chi connectivity index (χ1v) is 10.6. The number of aryl methyl sites for hydroxylation is 1. The molecule has 5 heterocycles. The van der Waals surface area contributed by atoms with Crippen LogP contribution in [0.4, 0.5) is 0 Å². The van der Waals surface area contributed by atoms with E-state index in [-0.39, 0.29) is 17.4 Å². The predicted molar refractivity (Wildman–Crippen MR) is 110 cm³/mol. The highest BCUT2D eigenvalue weighted by atomic mass is 16.5. The quantitative estimate of drug-likeness (QED) is 0.699. The number of nitrogens with zero attached hydrogens (tertiary/aromatic N) is 6. The molecule has 0 aliphatic carbocycles. The molecular formula is C21H27N7O2. The van der Waals surface area contributed by atoms with Gasteiger partial charge in [-0.3, -0.25) is 19.7 Å². The van der Waals surface area contributed by atoms with Crippen LogP contribution in [-0.2, 0) is 11.3 Å². The molecule has 2 saturated heterocycles. The minimum Gasteiger partial charge on any atom is -0.381 e. The molecule has 3 aromatic rings. The fraction of sp³-hybridized carbons (Fsp3) is 0.571. The average Bonchev–Trinajstić information content (AvgIpc) is 3.34. The van der Waals surface area contributed by atoms with Gasteiger partial charge in [0.05, 0.1) is 17.6 Å². The standard InChI is InChI=1S/C21H27N7O2/c1-13-10-27(11-16-8-22-14(2)7-23-16)12-17(13)19-25-21(29)18-9-24-20(28(18)26-19)15-3-5-30-6-4-15/h7-9,13,15,17H,3-6,10-12H2,1-2H3,(H,25,26,29). The molecular weight excluding hydrogens is 382 g/mol. The average molecular weight is 409 g/mol. The SMILES string of the molecule is Cc1cnc(CN2CC(C)C(c3nn4c(C5CCOCC5)ncc4c(=O)[nH]3)C2)cn1. The fourth-order valence-corrected chi connectivity index (χ4v) is 4.62. The molecule has 2 aliphatic heterocycles. The van der Waals surface area contributed by atoms with E-state index in [0.717, 1.165) is 68.7 Å². The van der Waals surface area contributed by atoms with Crippen LogP contribution in [0, 0.1) is 12.8 Å². The summed E-state index contributed by atoms with van der Waals surface area (Å²) in [6, 6.07) is 0. The van der Waals surface area contributed by atoms with Crippen molar-refractivity contribution in [1.29, 1.82) is 0 Å². The minimum absolute atomic E-state index is 0.124. The van der Waals surface area contributed by atoms with Crippen molar-refractivity contribution in [3.05, 3.63) is 52.0 Å². The van der Waals surface area contributed by atoms with Gasteiger partial charge in [0, 0.05) is 57.1 Å². The summed E-state index contributed by atoms with van der Waals surface area (Å²) >= 11 is 0. The molecule has 9 heteroatoms. The lowest BCUT2D eigenvalue weighted by Gasteiger charge is -2.21. The fourth-order valence-electron chi connectivity index (χ4n) is 4.62. The van der Waals surface area contributed by atoms with Gasteiger partial charge in [-0.1, -0.05) is 6.92 Å². The first kappa shape index (κ1) is 19.3. The summed E-state index contributed by atoms with van der Waals surface area (Å²) in [4.78, 5) is 31.5. The van der Waals surface area contributed by atoms with Gasteiger partial charge in [-0.15, -0.1) is 0 Å². The lowest BCUT2D eigenvalue weighted by atomic mass is 9.97. The van der Waals surface area contributed by atoms with Gasteiger partial charge < -0.3 is 9.72 Å². The van der Waals surface area contributed by atoms with E-state index in [0.29, 0.717) is 11.4 Å². The molecule has 158 valence electrons. The van der Waals surface area contributed by atoms with Crippen molar-refractivity contribution >= 4 is 5.52 Å². The monoisotopic (exact) mass is 409 g/mol. The molecule has 0 saturated carbocycles. The van der Waals surface area contributed by atoms with Gasteiger partial charge in [0.25, 0.3) is 5.56 Å². The molecule has 30 heavy (non-hydrogen) atoms. The maximum absolute atomic E-state index is 12.8. The zero-order valence-corrected chi connectivity index (χ0v) is 17.4. The van der Waals surface area contributed by atoms with E-state index in [4.69, 9.17) is 9.84 Å². The van der Waals surface area contributed by atoms with Crippen LogP contribution in [0.5, 0.6) is 0 Å². The smallest absolute Gasteiger partial charge is 0.276 e. The van der Waals surface area contributed by atoms with Crippen LogP contribution in [0.25, 0.3) is 5.52 Å². The normalized spacial score (nSPS) is 23.4. The van der Waals surface area contributed by atoms with Crippen LogP contribution < -0.4 is 5.56 Å². The molecule has 2 atom stereocenters. The molecule has 0 radical (unpaired) electrons. The largest absolute Gasteiger partial charge is 0.381 e. The van der Waals surface area contributed by atoms with Gasteiger partial charge in [0.1, 0.15) is 11.6 Å². The number of ether oxygens (including phenoxy) is 1. The second-order valence-electron chi connectivity index (χ2n) is 8.57. The van der Waals surface area contributed by atoms with Crippen molar-refractivity contribution in [2.45, 2.75) is 45.1 Å². The maximum Gasteiger partial charge on any atom is 0.276 e. The van der Waals surface area contributed by atoms with E-state index in [1.54, 1.807) is 16.9 Å². The number of rotatable bonds is 4. The number of imidazole rings is 1. The Labute approximate surface area is 174 Å².